The summed E-state index contributed by atoms with van der Waals surface area (Å²) in [6, 6.07) is 9.47. The van der Waals surface area contributed by atoms with E-state index in [1.165, 1.54) is 33.1 Å². The van der Waals surface area contributed by atoms with Gasteiger partial charge < -0.3 is 30.2 Å². The van der Waals surface area contributed by atoms with Crippen molar-refractivity contribution in [2.75, 3.05) is 27.4 Å². The Kier molecular flexibility index (Phi) is 20.8. The van der Waals surface area contributed by atoms with Crippen molar-refractivity contribution in [2.45, 2.75) is 59.4 Å². The maximum Gasteiger partial charge on any atom is 1.00 e. The van der Waals surface area contributed by atoms with Crippen LogP contribution in [0.15, 0.2) is 36.4 Å². The number of benzene rings is 2. The first-order valence-corrected chi connectivity index (χ1v) is 12.1. The van der Waals surface area contributed by atoms with Crippen molar-refractivity contribution in [3.8, 4) is 11.5 Å². The molecule has 1 heterocycles. The molecule has 0 spiro atoms. The smallest absolute Gasteiger partial charge is 1.00 e. The zero-order chi connectivity index (χ0) is 27.8. The van der Waals surface area contributed by atoms with Crippen LogP contribution in [0.4, 0.5) is 0 Å². The largest absolute Gasteiger partial charge is 1.00 e. The Morgan fingerprint density at radius 3 is 1.74 bits per heavy atom. The summed E-state index contributed by atoms with van der Waals surface area (Å²) in [6.45, 7) is 9.35. The molecule has 39 heavy (non-hydrogen) atoms. The molecule has 3 rings (SSSR count). The molecule has 0 saturated carbocycles. The van der Waals surface area contributed by atoms with E-state index in [0.717, 1.165) is 13.2 Å². The molecule has 9 nitrogen and oxygen atoms in total. The zero-order valence-corrected chi connectivity index (χ0v) is 24.0. The molecule has 0 aliphatic carbocycles. The van der Waals surface area contributed by atoms with Crippen LogP contribution in [0.25, 0.3) is 0 Å². The molecule has 0 unspecified atom stereocenters. The Labute approximate surface area is 246 Å². The van der Waals surface area contributed by atoms with E-state index in [0.29, 0.717) is 40.0 Å². The number of aldehydes is 1. The van der Waals surface area contributed by atoms with E-state index in [9.17, 15) is 19.5 Å². The molecule has 1 saturated heterocycles. The first-order valence-electron chi connectivity index (χ1n) is 12.1. The van der Waals surface area contributed by atoms with Gasteiger partial charge in [-0.1, -0.05) is 0 Å². The predicted molar refractivity (Wildman–Crippen MR) is 145 cm³/mol. The Morgan fingerprint density at radius 1 is 0.897 bits per heavy atom. The van der Waals surface area contributed by atoms with Gasteiger partial charge in [0.25, 0.3) is 0 Å². The van der Waals surface area contributed by atoms with Gasteiger partial charge in [-0.2, -0.15) is 0 Å². The molecule has 0 aromatic heterocycles. The third kappa shape index (κ3) is 14.3. The molecule has 11 heteroatoms. The van der Waals surface area contributed by atoms with Crippen LogP contribution < -0.4 is 28.3 Å². The second-order valence-corrected chi connectivity index (χ2v) is 8.49. The van der Waals surface area contributed by atoms with E-state index in [2.05, 4.69) is 9.47 Å². The Morgan fingerprint density at radius 2 is 1.36 bits per heavy atom. The van der Waals surface area contributed by atoms with Crippen molar-refractivity contribution in [3.05, 3.63) is 58.7 Å². The Balaban J connectivity index is -0.000000546. The molecule has 1 fully saturated rings. The summed E-state index contributed by atoms with van der Waals surface area (Å²) in [4.78, 5) is 33.3. The fourth-order valence-corrected chi connectivity index (χ4v) is 3.07. The van der Waals surface area contributed by atoms with E-state index in [4.69, 9.17) is 14.2 Å². The summed E-state index contributed by atoms with van der Waals surface area (Å²) in [5.41, 5.74) is 1.66. The Hall–Kier alpha value is -2.77. The van der Waals surface area contributed by atoms with Gasteiger partial charge in [-0.3, -0.25) is 4.79 Å². The minimum Gasteiger partial charge on any atom is -1.00 e. The maximum atomic E-state index is 11.3. The van der Waals surface area contributed by atoms with Crippen molar-refractivity contribution in [2.24, 2.45) is 0 Å². The van der Waals surface area contributed by atoms with E-state index in [1.807, 2.05) is 27.7 Å². The molecule has 1 aliphatic heterocycles. The number of ether oxygens (including phenoxy) is 5. The third-order valence-electron chi connectivity index (χ3n) is 4.76. The Bertz CT molecular complexity index is 1010. The maximum absolute atomic E-state index is 11.3. The van der Waals surface area contributed by atoms with Crippen LogP contribution in [-0.2, 0) is 20.8 Å². The molecule has 2 aromatic carbocycles. The SMILES string of the molecule is C1CCOC1.COC(=O)c1ccc(OC(C)C)c(C=O)c1.COC(=O)c1ccc(OC(C)C)c(CO)c1.[B].[H-].[Li+]. The van der Waals surface area contributed by atoms with Crippen LogP contribution in [0.1, 0.15) is 78.6 Å². The number of hydrogen-bond donors (Lipinski definition) is 1. The first-order chi connectivity index (χ1) is 17.7. The average molecular weight is 537 g/mol. The van der Waals surface area contributed by atoms with Crippen LogP contribution in [0, 0.1) is 0 Å². The number of aliphatic hydroxyl groups is 1. The summed E-state index contributed by atoms with van der Waals surface area (Å²) in [6.07, 6.45) is 3.21. The van der Waals surface area contributed by atoms with Crippen LogP contribution in [-0.4, -0.2) is 71.4 Å². The van der Waals surface area contributed by atoms with Crippen molar-refractivity contribution in [1.29, 1.82) is 0 Å². The average Bonchev–Trinajstić information content (AvgIpc) is 3.48. The van der Waals surface area contributed by atoms with E-state index < -0.39 is 11.9 Å². The normalized spacial score (nSPS) is 11.4. The summed E-state index contributed by atoms with van der Waals surface area (Å²) < 4.78 is 25.0. The summed E-state index contributed by atoms with van der Waals surface area (Å²) in [5.74, 6) is 0.160. The van der Waals surface area contributed by atoms with Crippen molar-refractivity contribution >= 4 is 26.6 Å². The van der Waals surface area contributed by atoms with Gasteiger partial charge in [0.2, 0.25) is 0 Å². The number of rotatable bonds is 8. The van der Waals surface area contributed by atoms with Crippen molar-refractivity contribution in [3.63, 3.8) is 0 Å². The molecule has 1 N–H and O–H groups in total. The predicted octanol–water partition coefficient (Wildman–Crippen LogP) is 1.36. The van der Waals surface area contributed by atoms with Crippen LogP contribution >= 0.6 is 0 Å². The minimum atomic E-state index is -0.473. The number of methoxy groups -OCH3 is 2. The molecule has 0 atom stereocenters. The van der Waals surface area contributed by atoms with Gasteiger partial charge >= 0.3 is 30.8 Å². The topological polar surface area (TPSA) is 118 Å². The fraction of sp³-hybridized carbons (Fsp3) is 0.464. The quantitative estimate of drug-likeness (QED) is 0.303. The van der Waals surface area contributed by atoms with E-state index in [1.54, 1.807) is 30.3 Å². The van der Waals surface area contributed by atoms with Crippen LogP contribution in [0.3, 0.4) is 0 Å². The number of carbonyl (C=O) groups excluding carboxylic acids is 3. The molecule has 2 aromatic rings. The van der Waals surface area contributed by atoms with E-state index >= 15 is 0 Å². The molecule has 209 valence electrons. The van der Waals surface area contributed by atoms with Gasteiger partial charge in [0.05, 0.1) is 49.7 Å². The fourth-order valence-electron chi connectivity index (χ4n) is 3.07. The first kappa shape index (κ1) is 38.4. The minimum absolute atomic E-state index is 0. The third-order valence-corrected chi connectivity index (χ3v) is 4.76. The molecule has 0 amide bonds. The number of carbonyl (C=O) groups is 3. The zero-order valence-electron chi connectivity index (χ0n) is 25.0. The summed E-state index contributed by atoms with van der Waals surface area (Å²) in [7, 11) is 2.61. The van der Waals surface area contributed by atoms with Gasteiger partial charge in [-0.05, 0) is 76.9 Å². The van der Waals surface area contributed by atoms with E-state index in [-0.39, 0.29) is 47.5 Å². The molecule has 0 bridgehead atoms. The number of hydrogen-bond acceptors (Lipinski definition) is 9. The second kappa shape index (κ2) is 21.1. The summed E-state index contributed by atoms with van der Waals surface area (Å²) >= 11 is 0. The van der Waals surface area contributed by atoms with Crippen LogP contribution in [0.2, 0.25) is 0 Å². The van der Waals surface area contributed by atoms with Gasteiger partial charge in [0.15, 0.2) is 6.29 Å². The standard InChI is InChI=1S/C12H16O4.C12H14O4.C4H8O.B.Li.H/c2*1-8(2)16-11-5-4-9(12(14)15-3)6-10(11)7-13;1-2-4-5-3-1;;;/h4-6,8,13H,7H2,1-3H3;4-8H,1-3H3;1-4H2;;;/q;;;;+1;-1. The van der Waals surface area contributed by atoms with Gasteiger partial charge in [-0.25, -0.2) is 9.59 Å². The van der Waals surface area contributed by atoms with Crippen molar-refractivity contribution in [1.82, 2.24) is 0 Å². The number of esters is 2. The monoisotopic (exact) mass is 537 g/mol. The summed E-state index contributed by atoms with van der Waals surface area (Å²) in [5, 5.41) is 9.18. The van der Waals surface area contributed by atoms with Crippen LogP contribution in [0.5, 0.6) is 11.5 Å². The molecule has 1 aliphatic rings. The van der Waals surface area contributed by atoms with Gasteiger partial charge in [0, 0.05) is 27.2 Å². The molecular weight excluding hydrogens is 498 g/mol. The second-order valence-electron chi connectivity index (χ2n) is 8.49. The van der Waals surface area contributed by atoms with Gasteiger partial charge in [-0.15, -0.1) is 0 Å². The van der Waals surface area contributed by atoms with Gasteiger partial charge in [0.1, 0.15) is 11.5 Å². The number of aliphatic hydroxyl groups excluding tert-OH is 1. The van der Waals surface area contributed by atoms with Crippen molar-refractivity contribution < 1.29 is 63.5 Å². The molecule has 3 radical (unpaired) electrons. The molecular formula is C28H39BLiO9.